The van der Waals surface area contributed by atoms with Crippen LogP contribution in [0.4, 0.5) is 0 Å². The van der Waals surface area contributed by atoms with Gasteiger partial charge in [-0.05, 0) is 24.8 Å². The Morgan fingerprint density at radius 3 is 2.65 bits per heavy atom. The minimum Gasteiger partial charge on any atom is -0.409 e. The van der Waals surface area contributed by atoms with Gasteiger partial charge in [0, 0.05) is 19.5 Å². The van der Waals surface area contributed by atoms with Crippen molar-refractivity contribution in [2.75, 3.05) is 13.1 Å². The van der Waals surface area contributed by atoms with E-state index in [2.05, 4.69) is 34.3 Å². The second kappa shape index (κ2) is 7.17. The maximum atomic E-state index is 8.90. The van der Waals surface area contributed by atoms with Gasteiger partial charge in [-0.2, -0.15) is 0 Å². The third-order valence-electron chi connectivity index (χ3n) is 3.07. The Morgan fingerprint density at radius 2 is 1.94 bits per heavy atom. The van der Waals surface area contributed by atoms with Crippen molar-refractivity contribution in [1.82, 2.24) is 4.90 Å². The van der Waals surface area contributed by atoms with Crippen LogP contribution in [-0.4, -0.2) is 29.0 Å². The third kappa shape index (κ3) is 3.93. The normalized spacial score (nSPS) is 17.9. The number of halogens is 1. The Balaban J connectivity index is 0.00000144. The molecule has 0 saturated carbocycles. The fourth-order valence-corrected chi connectivity index (χ4v) is 2.14. The van der Waals surface area contributed by atoms with Gasteiger partial charge in [0.1, 0.15) is 5.84 Å². The molecule has 0 aliphatic carbocycles. The van der Waals surface area contributed by atoms with Crippen LogP contribution >= 0.6 is 12.4 Å². The molecule has 0 amide bonds. The second-order valence-corrected chi connectivity index (χ2v) is 4.20. The van der Waals surface area contributed by atoms with Gasteiger partial charge in [0.15, 0.2) is 0 Å². The molecule has 0 aromatic heterocycles. The molecular formula is C13H19ClN2O. The number of oxime groups is 1. The molecule has 1 heterocycles. The molecule has 1 aliphatic rings. The number of benzene rings is 1. The van der Waals surface area contributed by atoms with E-state index in [9.17, 15) is 0 Å². The van der Waals surface area contributed by atoms with E-state index in [1.807, 2.05) is 6.07 Å². The molecule has 0 bridgehead atoms. The topological polar surface area (TPSA) is 35.8 Å². The van der Waals surface area contributed by atoms with Crippen molar-refractivity contribution in [2.45, 2.75) is 25.7 Å². The van der Waals surface area contributed by atoms with Gasteiger partial charge in [-0.1, -0.05) is 35.5 Å². The minimum atomic E-state index is 0. The van der Waals surface area contributed by atoms with Gasteiger partial charge in [-0.25, -0.2) is 0 Å². The molecule has 1 fully saturated rings. The molecule has 1 aromatic rings. The van der Waals surface area contributed by atoms with E-state index in [0.717, 1.165) is 38.2 Å². The monoisotopic (exact) mass is 254 g/mol. The van der Waals surface area contributed by atoms with Crippen LogP contribution in [0.25, 0.3) is 0 Å². The Morgan fingerprint density at radius 1 is 1.18 bits per heavy atom. The van der Waals surface area contributed by atoms with Crippen LogP contribution in [0, 0.1) is 0 Å². The molecule has 1 saturated heterocycles. The molecule has 1 N–H and O–H groups in total. The summed E-state index contributed by atoms with van der Waals surface area (Å²) in [6.45, 7) is 1.97. The van der Waals surface area contributed by atoms with Crippen LogP contribution < -0.4 is 0 Å². The predicted molar refractivity (Wildman–Crippen MR) is 72.0 cm³/mol. The number of rotatable bonds is 3. The molecular weight excluding hydrogens is 236 g/mol. The molecule has 1 aromatic carbocycles. The largest absolute Gasteiger partial charge is 0.409 e. The maximum Gasteiger partial charge on any atom is 0.144 e. The van der Waals surface area contributed by atoms with Gasteiger partial charge in [0.2, 0.25) is 0 Å². The fraction of sp³-hybridized carbons (Fsp3) is 0.462. The Hall–Kier alpha value is -1.22. The van der Waals surface area contributed by atoms with Crippen LogP contribution in [0.15, 0.2) is 35.5 Å². The van der Waals surface area contributed by atoms with E-state index in [4.69, 9.17) is 5.21 Å². The first-order valence-corrected chi connectivity index (χ1v) is 5.90. The Bertz CT molecular complexity index is 354. The number of amidine groups is 1. The molecule has 3 nitrogen and oxygen atoms in total. The van der Waals surface area contributed by atoms with Crippen molar-refractivity contribution in [3.05, 3.63) is 35.9 Å². The van der Waals surface area contributed by atoms with Gasteiger partial charge < -0.3 is 10.1 Å². The van der Waals surface area contributed by atoms with Crippen molar-refractivity contribution < 1.29 is 5.21 Å². The summed E-state index contributed by atoms with van der Waals surface area (Å²) in [5.41, 5.74) is 1.34. The van der Waals surface area contributed by atoms with Gasteiger partial charge in [-0.15, -0.1) is 12.4 Å². The molecule has 2 rings (SSSR count). The van der Waals surface area contributed by atoms with Crippen molar-refractivity contribution >= 4 is 18.2 Å². The molecule has 94 valence electrons. The number of likely N-dealkylation sites (tertiary alicyclic amines) is 1. The average Bonchev–Trinajstić information content (AvgIpc) is 2.38. The summed E-state index contributed by atoms with van der Waals surface area (Å²) in [4.78, 5) is 2.19. The van der Waals surface area contributed by atoms with E-state index < -0.39 is 0 Å². The van der Waals surface area contributed by atoms with Gasteiger partial charge in [-0.3, -0.25) is 0 Å². The summed E-state index contributed by atoms with van der Waals surface area (Å²) in [6, 6.07) is 10.4. The first-order valence-electron chi connectivity index (χ1n) is 5.90. The molecule has 0 radical (unpaired) electrons. The number of piperidine rings is 1. The summed E-state index contributed by atoms with van der Waals surface area (Å²) in [5, 5.41) is 12.3. The number of nitrogens with zero attached hydrogens (tertiary/aromatic N) is 2. The lowest BCUT2D eigenvalue weighted by Crippen LogP contribution is -2.36. The van der Waals surface area contributed by atoms with E-state index in [-0.39, 0.29) is 12.4 Å². The number of hydrogen-bond acceptors (Lipinski definition) is 2. The highest BCUT2D eigenvalue weighted by Gasteiger charge is 2.16. The van der Waals surface area contributed by atoms with Crippen LogP contribution in [0.5, 0.6) is 0 Å². The second-order valence-electron chi connectivity index (χ2n) is 4.20. The molecule has 17 heavy (non-hydrogen) atoms. The van der Waals surface area contributed by atoms with Crippen LogP contribution in [-0.2, 0) is 6.42 Å². The Kier molecular flexibility index (Phi) is 5.84. The average molecular weight is 255 g/mol. The summed E-state index contributed by atoms with van der Waals surface area (Å²) < 4.78 is 0. The van der Waals surface area contributed by atoms with Crippen molar-refractivity contribution in [2.24, 2.45) is 5.16 Å². The van der Waals surface area contributed by atoms with E-state index in [1.54, 1.807) is 0 Å². The summed E-state index contributed by atoms with van der Waals surface area (Å²) >= 11 is 0. The minimum absolute atomic E-state index is 0. The van der Waals surface area contributed by atoms with Crippen LogP contribution in [0.3, 0.4) is 0 Å². The molecule has 0 spiro atoms. The van der Waals surface area contributed by atoms with Crippen molar-refractivity contribution in [3.8, 4) is 0 Å². The summed E-state index contributed by atoms with van der Waals surface area (Å²) in [6.07, 6.45) is 4.26. The first kappa shape index (κ1) is 13.8. The molecule has 0 unspecified atom stereocenters. The van der Waals surface area contributed by atoms with Gasteiger partial charge in [0.25, 0.3) is 0 Å². The highest BCUT2D eigenvalue weighted by molar-refractivity contribution is 5.85. The lowest BCUT2D eigenvalue weighted by molar-refractivity contribution is 0.286. The number of hydrogen-bond donors (Lipinski definition) is 1. The van der Waals surface area contributed by atoms with Crippen molar-refractivity contribution in [3.63, 3.8) is 0 Å². The molecule has 4 heteroatoms. The van der Waals surface area contributed by atoms with E-state index >= 15 is 0 Å². The maximum absolute atomic E-state index is 8.90. The van der Waals surface area contributed by atoms with Crippen molar-refractivity contribution in [1.29, 1.82) is 0 Å². The lowest BCUT2D eigenvalue weighted by Gasteiger charge is -2.29. The zero-order valence-corrected chi connectivity index (χ0v) is 10.7. The smallest absolute Gasteiger partial charge is 0.144 e. The van der Waals surface area contributed by atoms with E-state index in [1.165, 1.54) is 12.0 Å². The quantitative estimate of drug-likeness (QED) is 0.665. The van der Waals surface area contributed by atoms with Gasteiger partial charge in [0.05, 0.1) is 0 Å². The van der Waals surface area contributed by atoms with E-state index in [0.29, 0.717) is 0 Å². The summed E-state index contributed by atoms with van der Waals surface area (Å²) in [7, 11) is 0. The summed E-state index contributed by atoms with van der Waals surface area (Å²) in [5.74, 6) is 0.849. The SMILES string of the molecule is Cl.ON=C1CCCCN1CCc1ccccc1. The van der Waals surface area contributed by atoms with Crippen LogP contribution in [0.2, 0.25) is 0 Å². The first-order chi connectivity index (χ1) is 7.90. The van der Waals surface area contributed by atoms with Crippen LogP contribution in [0.1, 0.15) is 24.8 Å². The molecule has 1 aliphatic heterocycles. The zero-order valence-electron chi connectivity index (χ0n) is 9.88. The highest BCUT2D eigenvalue weighted by atomic mass is 35.5. The lowest BCUT2D eigenvalue weighted by atomic mass is 10.1. The fourth-order valence-electron chi connectivity index (χ4n) is 2.14. The highest BCUT2D eigenvalue weighted by Crippen LogP contribution is 2.12. The molecule has 0 atom stereocenters. The zero-order chi connectivity index (χ0) is 11.2. The third-order valence-corrected chi connectivity index (χ3v) is 3.07. The standard InChI is InChI=1S/C13H18N2O.ClH/c16-14-13-8-4-5-10-15(13)11-9-12-6-2-1-3-7-12;/h1-3,6-7,16H,4-5,8-11H2;1H. The Labute approximate surface area is 109 Å². The predicted octanol–water partition coefficient (Wildman–Crippen LogP) is 2.92. The van der Waals surface area contributed by atoms with Gasteiger partial charge >= 0.3 is 0 Å².